The van der Waals surface area contributed by atoms with Crippen molar-refractivity contribution in [1.82, 2.24) is 0 Å². The Bertz CT molecular complexity index is 397. The van der Waals surface area contributed by atoms with Gasteiger partial charge in [-0.2, -0.15) is 0 Å². The number of carbonyl (C=O) groups excluding carboxylic acids is 1. The van der Waals surface area contributed by atoms with Gasteiger partial charge in [0, 0.05) is 16.8 Å². The quantitative estimate of drug-likeness (QED) is 0.769. The van der Waals surface area contributed by atoms with Gasteiger partial charge < -0.3 is 11.1 Å². The molecule has 88 valence electrons. The van der Waals surface area contributed by atoms with E-state index in [0.29, 0.717) is 5.69 Å². The van der Waals surface area contributed by atoms with Gasteiger partial charge in [0.2, 0.25) is 5.91 Å². The highest BCUT2D eigenvalue weighted by Crippen LogP contribution is 2.24. The van der Waals surface area contributed by atoms with E-state index in [4.69, 9.17) is 5.73 Å². The van der Waals surface area contributed by atoms with Gasteiger partial charge in [-0.25, -0.2) is 0 Å². The fourth-order valence-corrected chi connectivity index (χ4v) is 1.23. The standard InChI is InChI=1S/C13H20N2O/c1-5-13(3,4)12(16)15-11-8-10(14)7-6-9(11)2/h6-8H,5,14H2,1-4H3,(H,15,16). The third kappa shape index (κ3) is 2.75. The lowest BCUT2D eigenvalue weighted by atomic mass is 9.89. The van der Waals surface area contributed by atoms with Crippen molar-refractivity contribution in [2.45, 2.75) is 34.1 Å². The summed E-state index contributed by atoms with van der Waals surface area (Å²) in [7, 11) is 0. The van der Waals surface area contributed by atoms with Gasteiger partial charge >= 0.3 is 0 Å². The molecule has 3 N–H and O–H groups in total. The Kier molecular flexibility index (Phi) is 3.58. The molecule has 0 unspecified atom stereocenters. The number of hydrogen-bond acceptors (Lipinski definition) is 2. The van der Waals surface area contributed by atoms with E-state index in [9.17, 15) is 4.79 Å². The third-order valence-electron chi connectivity index (χ3n) is 3.01. The van der Waals surface area contributed by atoms with E-state index in [1.807, 2.05) is 39.8 Å². The second-order valence-corrected chi connectivity index (χ2v) is 4.77. The van der Waals surface area contributed by atoms with Crippen molar-refractivity contribution in [3.05, 3.63) is 23.8 Å². The smallest absolute Gasteiger partial charge is 0.230 e. The number of rotatable bonds is 3. The molecule has 0 aliphatic heterocycles. The van der Waals surface area contributed by atoms with Crippen molar-refractivity contribution < 1.29 is 4.79 Å². The molecule has 0 fully saturated rings. The maximum absolute atomic E-state index is 12.0. The Labute approximate surface area is 97.0 Å². The first-order chi connectivity index (χ1) is 7.36. The number of anilines is 2. The summed E-state index contributed by atoms with van der Waals surface area (Å²) in [6.07, 6.45) is 0.806. The highest BCUT2D eigenvalue weighted by molar-refractivity contribution is 5.95. The van der Waals surface area contributed by atoms with Crippen molar-refractivity contribution in [2.75, 3.05) is 11.1 Å². The molecule has 1 aromatic rings. The topological polar surface area (TPSA) is 55.1 Å². The molecule has 0 atom stereocenters. The van der Waals surface area contributed by atoms with Crippen LogP contribution in [-0.2, 0) is 4.79 Å². The van der Waals surface area contributed by atoms with Crippen molar-refractivity contribution in [2.24, 2.45) is 5.41 Å². The lowest BCUT2D eigenvalue weighted by molar-refractivity contribution is -0.124. The first-order valence-corrected chi connectivity index (χ1v) is 5.54. The molecule has 0 bridgehead atoms. The highest BCUT2D eigenvalue weighted by Gasteiger charge is 2.25. The van der Waals surface area contributed by atoms with Crippen LogP contribution in [0.15, 0.2) is 18.2 Å². The summed E-state index contributed by atoms with van der Waals surface area (Å²) in [6.45, 7) is 7.83. The fraction of sp³-hybridized carbons (Fsp3) is 0.462. The molecule has 0 saturated carbocycles. The van der Waals surface area contributed by atoms with Crippen LogP contribution in [0.1, 0.15) is 32.8 Å². The van der Waals surface area contributed by atoms with Crippen LogP contribution >= 0.6 is 0 Å². The molecule has 3 nitrogen and oxygen atoms in total. The summed E-state index contributed by atoms with van der Waals surface area (Å²) < 4.78 is 0. The number of nitrogens with one attached hydrogen (secondary N) is 1. The third-order valence-corrected chi connectivity index (χ3v) is 3.01. The number of benzene rings is 1. The minimum Gasteiger partial charge on any atom is -0.399 e. The van der Waals surface area contributed by atoms with Crippen molar-refractivity contribution in [3.8, 4) is 0 Å². The molecular weight excluding hydrogens is 200 g/mol. The summed E-state index contributed by atoms with van der Waals surface area (Å²) in [6, 6.07) is 5.53. The Morgan fingerprint density at radius 3 is 2.62 bits per heavy atom. The van der Waals surface area contributed by atoms with Crippen molar-refractivity contribution in [3.63, 3.8) is 0 Å². The van der Waals surface area contributed by atoms with Gasteiger partial charge in [0.05, 0.1) is 0 Å². The Morgan fingerprint density at radius 1 is 1.44 bits per heavy atom. The molecule has 0 radical (unpaired) electrons. The SMILES string of the molecule is CCC(C)(C)C(=O)Nc1cc(N)ccc1C. The molecule has 0 spiro atoms. The molecule has 0 saturated heterocycles. The Morgan fingerprint density at radius 2 is 2.06 bits per heavy atom. The van der Waals surface area contributed by atoms with Gasteiger partial charge in [0.15, 0.2) is 0 Å². The van der Waals surface area contributed by atoms with Crippen LogP contribution in [0.25, 0.3) is 0 Å². The predicted molar refractivity (Wildman–Crippen MR) is 68.3 cm³/mol. The molecule has 3 heteroatoms. The lowest BCUT2D eigenvalue weighted by Crippen LogP contribution is -2.30. The predicted octanol–water partition coefficient (Wildman–Crippen LogP) is 2.95. The molecule has 0 aromatic heterocycles. The molecule has 0 aliphatic rings. The molecule has 16 heavy (non-hydrogen) atoms. The van der Waals surface area contributed by atoms with Gasteiger partial charge in [-0.05, 0) is 31.0 Å². The van der Waals surface area contributed by atoms with E-state index in [-0.39, 0.29) is 11.3 Å². The van der Waals surface area contributed by atoms with E-state index in [0.717, 1.165) is 17.7 Å². The highest BCUT2D eigenvalue weighted by atomic mass is 16.2. The molecular formula is C13H20N2O. The summed E-state index contributed by atoms with van der Waals surface area (Å²) in [5.74, 6) is 0.0312. The zero-order valence-corrected chi connectivity index (χ0v) is 10.4. The van der Waals surface area contributed by atoms with Crippen LogP contribution in [0, 0.1) is 12.3 Å². The second-order valence-electron chi connectivity index (χ2n) is 4.77. The number of carbonyl (C=O) groups is 1. The monoisotopic (exact) mass is 220 g/mol. The Hall–Kier alpha value is -1.51. The number of nitrogens with two attached hydrogens (primary N) is 1. The van der Waals surface area contributed by atoms with Gasteiger partial charge in [-0.15, -0.1) is 0 Å². The minimum atomic E-state index is -0.350. The normalized spacial score (nSPS) is 11.2. The lowest BCUT2D eigenvalue weighted by Gasteiger charge is -2.22. The molecule has 1 amide bonds. The first-order valence-electron chi connectivity index (χ1n) is 5.54. The number of aryl methyl sites for hydroxylation is 1. The first kappa shape index (κ1) is 12.6. The summed E-state index contributed by atoms with van der Waals surface area (Å²) in [5, 5.41) is 2.92. The van der Waals surface area contributed by atoms with E-state index in [2.05, 4.69) is 5.32 Å². The molecule has 1 rings (SSSR count). The zero-order valence-electron chi connectivity index (χ0n) is 10.4. The molecule has 0 heterocycles. The maximum atomic E-state index is 12.0. The van der Waals surface area contributed by atoms with Crippen molar-refractivity contribution >= 4 is 17.3 Å². The molecule has 0 aliphatic carbocycles. The van der Waals surface area contributed by atoms with Crippen LogP contribution in [0.3, 0.4) is 0 Å². The number of amides is 1. The van der Waals surface area contributed by atoms with E-state index >= 15 is 0 Å². The van der Waals surface area contributed by atoms with Crippen LogP contribution in [0.5, 0.6) is 0 Å². The van der Waals surface area contributed by atoms with Gasteiger partial charge in [-0.1, -0.05) is 26.8 Å². The Balaban J connectivity index is 2.89. The van der Waals surface area contributed by atoms with Gasteiger partial charge in [-0.3, -0.25) is 4.79 Å². The zero-order chi connectivity index (χ0) is 12.3. The molecule has 1 aromatic carbocycles. The number of hydrogen-bond donors (Lipinski definition) is 2. The van der Waals surface area contributed by atoms with Crippen LogP contribution < -0.4 is 11.1 Å². The number of nitrogen functional groups attached to an aromatic ring is 1. The van der Waals surface area contributed by atoms with E-state index in [1.54, 1.807) is 6.07 Å². The largest absolute Gasteiger partial charge is 0.399 e. The van der Waals surface area contributed by atoms with E-state index < -0.39 is 0 Å². The van der Waals surface area contributed by atoms with Crippen LogP contribution in [-0.4, -0.2) is 5.91 Å². The van der Waals surface area contributed by atoms with Crippen LogP contribution in [0.4, 0.5) is 11.4 Å². The fourth-order valence-electron chi connectivity index (χ4n) is 1.23. The van der Waals surface area contributed by atoms with Gasteiger partial charge in [0.1, 0.15) is 0 Å². The van der Waals surface area contributed by atoms with E-state index in [1.165, 1.54) is 0 Å². The average Bonchev–Trinajstić information content (AvgIpc) is 2.23. The van der Waals surface area contributed by atoms with Crippen molar-refractivity contribution in [1.29, 1.82) is 0 Å². The summed E-state index contributed by atoms with van der Waals surface area (Å²) in [4.78, 5) is 12.0. The van der Waals surface area contributed by atoms with Gasteiger partial charge in [0.25, 0.3) is 0 Å². The maximum Gasteiger partial charge on any atom is 0.230 e. The minimum absolute atomic E-state index is 0.0312. The average molecular weight is 220 g/mol. The van der Waals surface area contributed by atoms with Crippen LogP contribution in [0.2, 0.25) is 0 Å². The summed E-state index contributed by atoms with van der Waals surface area (Å²) in [5.41, 5.74) is 7.83. The second kappa shape index (κ2) is 4.56. The summed E-state index contributed by atoms with van der Waals surface area (Å²) >= 11 is 0.